The van der Waals surface area contributed by atoms with E-state index >= 15 is 0 Å². The molecule has 6 fully saturated rings. The summed E-state index contributed by atoms with van der Waals surface area (Å²) >= 11 is 0. The lowest BCUT2D eigenvalue weighted by molar-refractivity contribution is -0.156. The van der Waals surface area contributed by atoms with Gasteiger partial charge < -0.3 is 52.8 Å². The number of aliphatic imine (C=N–C) groups is 1. The summed E-state index contributed by atoms with van der Waals surface area (Å²) in [7, 11) is 0. The Labute approximate surface area is 381 Å². The van der Waals surface area contributed by atoms with E-state index in [0.29, 0.717) is 0 Å². The maximum Gasteiger partial charge on any atom is 0.163 e. The van der Waals surface area contributed by atoms with E-state index in [1.807, 2.05) is 0 Å². The lowest BCUT2D eigenvalue weighted by Crippen LogP contribution is -2.44. The third-order valence-electron chi connectivity index (χ3n) is 18.4. The number of nitrogens with one attached hydrogen (secondary N) is 3. The van der Waals surface area contributed by atoms with Crippen LogP contribution in [0.4, 0.5) is 0 Å². The molecule has 0 aromatic carbocycles. The SMILES string of the molecule is CC1(C)OC2C3CC(C4=C3C3=NC4/C=c4\[nH]/c(c5c4C4CC5C5OC(C)(C)OC45)=C\c4[nH]c(c5c4C4C=CC5C5OC(C)(C)OC45)/C=c4\[nH]/c(c5c4C4C=CC5C5OC(C)(C)OC45)=C\3)C2O1. The Balaban J connectivity index is 0.951. The largest absolute Gasteiger partial charge is 0.355 e. The molecule has 340 valence electrons. The number of fused-ring (bicyclic) bond motifs is 26. The highest BCUT2D eigenvalue weighted by atomic mass is 16.8. The van der Waals surface area contributed by atoms with E-state index < -0.39 is 23.1 Å². The molecule has 3 N–H and O–H groups in total. The van der Waals surface area contributed by atoms with Gasteiger partial charge in [0.1, 0.15) is 0 Å². The van der Waals surface area contributed by atoms with Crippen molar-refractivity contribution < 1.29 is 37.9 Å². The maximum atomic E-state index is 6.77. The molecule has 3 aromatic rings. The summed E-state index contributed by atoms with van der Waals surface area (Å²) in [5.74, 6) is -1.61. The van der Waals surface area contributed by atoms with Gasteiger partial charge in [0.25, 0.3) is 0 Å². The average Bonchev–Trinajstić information content (AvgIpc) is 4.08. The molecule has 0 amide bonds. The number of hydrogen-bond acceptors (Lipinski definition) is 9. The van der Waals surface area contributed by atoms with Crippen LogP contribution in [0.5, 0.6) is 0 Å². The zero-order chi connectivity index (χ0) is 44.0. The van der Waals surface area contributed by atoms with Gasteiger partial charge in [0.2, 0.25) is 0 Å². The van der Waals surface area contributed by atoms with Gasteiger partial charge in [-0.15, -0.1) is 0 Å². The highest BCUT2D eigenvalue weighted by molar-refractivity contribution is 6.23. The molecule has 12 heteroatoms. The summed E-state index contributed by atoms with van der Waals surface area (Å²) in [4.78, 5) is 18.0. The van der Waals surface area contributed by atoms with Gasteiger partial charge in [0.15, 0.2) is 23.1 Å². The molecule has 9 heterocycles. The highest BCUT2D eigenvalue weighted by Crippen LogP contribution is 2.61. The van der Waals surface area contributed by atoms with Crippen molar-refractivity contribution in [3.05, 3.63) is 102 Å². The molecule has 10 aliphatic carbocycles. The first-order chi connectivity index (χ1) is 31.6. The number of H-pyrrole nitrogens is 3. The number of aromatic nitrogens is 3. The number of hydrogen-bond donors (Lipinski definition) is 3. The standard InChI is InChI=1S/C54H56N4O8/c1-51(2)59-43-19-9-11-21(45(43)61-51)37-29-16-31-39-23-13-25(49-47(23)63-53(5,6)65-49)41(39)33(57-31)18-34-42-26-14-24(48-50(26)66-54(7,8)64-48)40(42)32(58-34)17-30-38-22-12-10-20(44-46(22)62-52(3,4)60-44)36(38)28(56-30)15-27(55-29)35(19)37/h9-12,15-26,33,43-50,55-56,58H,13-14H2,1-8H3/b27-15-,29-16-,32-17-,34-18-. The number of rotatable bonds is 0. The van der Waals surface area contributed by atoms with Gasteiger partial charge >= 0.3 is 0 Å². The molecule has 4 saturated heterocycles. The molecule has 12 nitrogen and oxygen atoms in total. The predicted octanol–water partition coefficient (Wildman–Crippen LogP) is 4.84. The molecule has 16 aliphatic rings. The van der Waals surface area contributed by atoms with Crippen molar-refractivity contribution in [2.24, 2.45) is 16.8 Å². The van der Waals surface area contributed by atoms with Crippen LogP contribution < -0.4 is 21.4 Å². The normalized spacial score (nSPS) is 47.2. The molecule has 3 aromatic heterocycles. The highest BCUT2D eigenvalue weighted by Gasteiger charge is 2.64. The monoisotopic (exact) mass is 888 g/mol. The Bertz CT molecular complexity index is 3230. The van der Waals surface area contributed by atoms with E-state index in [0.717, 1.165) is 51.3 Å². The topological polar surface area (TPSA) is 134 Å². The fourth-order valence-electron chi connectivity index (χ4n) is 16.7. The Hall–Kier alpha value is -4.11. The van der Waals surface area contributed by atoms with Crippen LogP contribution in [-0.4, -0.2) is 98.7 Å². The van der Waals surface area contributed by atoms with Crippen molar-refractivity contribution in [3.8, 4) is 0 Å². The second-order valence-corrected chi connectivity index (χ2v) is 23.8. The minimum absolute atomic E-state index is 0.00548. The van der Waals surface area contributed by atoms with E-state index in [2.05, 4.69) is 119 Å². The second-order valence-electron chi connectivity index (χ2n) is 23.8. The van der Waals surface area contributed by atoms with Crippen LogP contribution in [0.2, 0.25) is 0 Å². The summed E-state index contributed by atoms with van der Waals surface area (Å²) in [6, 6.07) is -0.152. The zero-order valence-electron chi connectivity index (χ0n) is 38.6. The minimum atomic E-state index is -0.673. The van der Waals surface area contributed by atoms with Gasteiger partial charge in [-0.25, -0.2) is 0 Å². The third kappa shape index (κ3) is 4.54. The van der Waals surface area contributed by atoms with E-state index in [4.69, 9.17) is 42.9 Å². The Kier molecular flexibility index (Phi) is 6.58. The van der Waals surface area contributed by atoms with Gasteiger partial charge in [0.05, 0.1) is 60.6 Å². The van der Waals surface area contributed by atoms with Crippen LogP contribution in [0.1, 0.15) is 149 Å². The first-order valence-corrected chi connectivity index (χ1v) is 24.8. The molecule has 66 heavy (non-hydrogen) atoms. The van der Waals surface area contributed by atoms with Crippen molar-refractivity contribution in [1.82, 2.24) is 15.0 Å². The first-order valence-electron chi connectivity index (χ1n) is 24.8. The van der Waals surface area contributed by atoms with Gasteiger partial charge in [-0.1, -0.05) is 24.3 Å². The van der Waals surface area contributed by atoms with E-state index in [1.54, 1.807) is 0 Å². The molecule has 17 unspecified atom stereocenters. The fraction of sp³-hybridized carbons (Fsp3) is 0.574. The molecule has 0 spiro atoms. The smallest absolute Gasteiger partial charge is 0.163 e. The first kappa shape index (κ1) is 37.8. The maximum absolute atomic E-state index is 6.77. The average molecular weight is 889 g/mol. The molecule has 2 saturated carbocycles. The van der Waals surface area contributed by atoms with Crippen molar-refractivity contribution in [2.45, 2.75) is 182 Å². The molecule has 0 radical (unpaired) electrons. The molecule has 6 aliphatic heterocycles. The van der Waals surface area contributed by atoms with Crippen molar-refractivity contribution in [3.63, 3.8) is 0 Å². The van der Waals surface area contributed by atoms with Crippen LogP contribution in [0.3, 0.4) is 0 Å². The summed E-state index contributed by atoms with van der Waals surface area (Å²) in [6.07, 6.45) is 20.9. The van der Waals surface area contributed by atoms with Gasteiger partial charge in [-0.2, -0.15) is 0 Å². The molecular formula is C54H56N4O8. The summed E-state index contributed by atoms with van der Waals surface area (Å²) < 4.78 is 54.1. The zero-order valence-corrected chi connectivity index (χ0v) is 38.6. The third-order valence-corrected chi connectivity index (χ3v) is 18.4. The number of aromatic amines is 3. The number of nitrogens with zero attached hydrogens (tertiary/aromatic N) is 1. The quantitative estimate of drug-likeness (QED) is 0.274. The van der Waals surface area contributed by atoms with Crippen LogP contribution in [0.25, 0.3) is 24.3 Å². The number of ether oxygens (including phenoxy) is 8. The molecular weight excluding hydrogens is 833 g/mol. The van der Waals surface area contributed by atoms with E-state index in [-0.39, 0.29) is 102 Å². The van der Waals surface area contributed by atoms with Gasteiger partial charge in [-0.3, -0.25) is 4.99 Å². The molecule has 16 bridgehead atoms. The van der Waals surface area contributed by atoms with Crippen LogP contribution in [0, 0.1) is 11.8 Å². The Morgan fingerprint density at radius 1 is 0.424 bits per heavy atom. The lowest BCUT2D eigenvalue weighted by Gasteiger charge is -2.40. The fourth-order valence-corrected chi connectivity index (χ4v) is 16.7. The van der Waals surface area contributed by atoms with Gasteiger partial charge in [-0.05, 0) is 137 Å². The minimum Gasteiger partial charge on any atom is -0.355 e. The summed E-state index contributed by atoms with van der Waals surface area (Å²) in [5, 5.41) is 4.49. The molecule has 19 rings (SSSR count). The van der Waals surface area contributed by atoms with Gasteiger partial charge in [0, 0.05) is 80.1 Å². The van der Waals surface area contributed by atoms with Crippen LogP contribution >= 0.6 is 0 Å². The van der Waals surface area contributed by atoms with Crippen LogP contribution in [-0.2, 0) is 37.9 Å². The van der Waals surface area contributed by atoms with E-state index in [1.165, 1.54) is 44.5 Å². The van der Waals surface area contributed by atoms with Crippen molar-refractivity contribution >= 4 is 30.0 Å². The van der Waals surface area contributed by atoms with Crippen molar-refractivity contribution in [2.75, 3.05) is 0 Å². The summed E-state index contributed by atoms with van der Waals surface area (Å²) in [6.45, 7) is 16.5. The lowest BCUT2D eigenvalue weighted by atomic mass is 9.68. The Morgan fingerprint density at radius 2 is 0.818 bits per heavy atom. The van der Waals surface area contributed by atoms with Crippen molar-refractivity contribution in [1.29, 1.82) is 0 Å². The summed E-state index contributed by atoms with van der Waals surface area (Å²) in [5.41, 5.74) is 14.0. The van der Waals surface area contributed by atoms with Crippen LogP contribution in [0.15, 0.2) is 40.4 Å². The van der Waals surface area contributed by atoms with E-state index in [9.17, 15) is 0 Å². The molecule has 17 atom stereocenters. The Morgan fingerprint density at radius 3 is 1.35 bits per heavy atom. The predicted molar refractivity (Wildman–Crippen MR) is 241 cm³/mol. The second kappa shape index (κ2) is 11.5.